The second-order valence-electron chi connectivity index (χ2n) is 6.96. The molecular weight excluding hydrogens is 372 g/mol. The number of aromatic nitrogens is 4. The minimum Gasteiger partial charge on any atom is -0.322 e. The van der Waals surface area contributed by atoms with Gasteiger partial charge in [-0.15, -0.1) is 0 Å². The first kappa shape index (κ1) is 17.1. The highest BCUT2D eigenvalue weighted by molar-refractivity contribution is 5.95. The molecule has 0 saturated carbocycles. The molecule has 29 heavy (non-hydrogen) atoms. The molecule has 0 aliphatic carbocycles. The molecule has 9 nitrogen and oxygen atoms in total. The number of fused-ring (bicyclic) bond motifs is 2. The molecule has 0 bridgehead atoms. The first-order valence-corrected chi connectivity index (χ1v) is 9.10. The summed E-state index contributed by atoms with van der Waals surface area (Å²) in [6.07, 6.45) is 0.116. The number of aromatic amines is 1. The number of imidazole rings is 1. The summed E-state index contributed by atoms with van der Waals surface area (Å²) in [5, 5.41) is 19.0. The Bertz CT molecular complexity index is 1260. The Morgan fingerprint density at radius 1 is 1.17 bits per heavy atom. The maximum absolute atomic E-state index is 12.5. The maximum atomic E-state index is 12.5. The van der Waals surface area contributed by atoms with E-state index in [2.05, 4.69) is 20.4 Å². The average molecular weight is 388 g/mol. The topological polar surface area (TPSA) is 119 Å². The molecule has 5 rings (SSSR count). The lowest BCUT2D eigenvalue weighted by molar-refractivity contribution is -0.385. The van der Waals surface area contributed by atoms with Crippen LogP contribution in [0.25, 0.3) is 17.0 Å². The summed E-state index contributed by atoms with van der Waals surface area (Å²) in [5.41, 5.74) is 3.57. The molecule has 1 unspecified atom stereocenters. The number of anilines is 1. The van der Waals surface area contributed by atoms with Crippen LogP contribution in [0.3, 0.4) is 0 Å². The Balaban J connectivity index is 1.70. The van der Waals surface area contributed by atoms with E-state index in [9.17, 15) is 14.9 Å². The molecule has 1 aliphatic heterocycles. The van der Waals surface area contributed by atoms with Gasteiger partial charge < -0.3 is 10.3 Å². The number of aryl methyl sites for hydroxylation is 1. The van der Waals surface area contributed by atoms with Gasteiger partial charge in [-0.25, -0.2) is 4.98 Å². The van der Waals surface area contributed by atoms with Crippen molar-refractivity contribution >= 4 is 28.4 Å². The predicted molar refractivity (Wildman–Crippen MR) is 106 cm³/mol. The van der Waals surface area contributed by atoms with Crippen LogP contribution in [0.15, 0.2) is 48.5 Å². The molecule has 0 saturated heterocycles. The Kier molecular flexibility index (Phi) is 3.70. The first-order chi connectivity index (χ1) is 14.0. The fourth-order valence-corrected chi connectivity index (χ4v) is 3.95. The summed E-state index contributed by atoms with van der Waals surface area (Å²) in [4.78, 5) is 31.4. The molecular formula is C20H16N6O3. The first-order valence-electron chi connectivity index (χ1n) is 9.10. The van der Waals surface area contributed by atoms with Gasteiger partial charge >= 0.3 is 0 Å². The number of nitrogens with zero attached hydrogens (tertiary/aromatic N) is 4. The van der Waals surface area contributed by atoms with E-state index in [4.69, 9.17) is 0 Å². The van der Waals surface area contributed by atoms with Crippen molar-refractivity contribution in [3.8, 4) is 5.95 Å². The summed E-state index contributed by atoms with van der Waals surface area (Å²) >= 11 is 0. The molecule has 9 heteroatoms. The number of amides is 1. The van der Waals surface area contributed by atoms with Gasteiger partial charge in [-0.05, 0) is 19.1 Å². The Morgan fingerprint density at radius 3 is 2.72 bits per heavy atom. The quantitative estimate of drug-likeness (QED) is 0.412. The largest absolute Gasteiger partial charge is 0.322 e. The van der Waals surface area contributed by atoms with Crippen LogP contribution in [-0.4, -0.2) is 30.6 Å². The second-order valence-corrected chi connectivity index (χ2v) is 6.96. The smallest absolute Gasteiger partial charge is 0.273 e. The molecule has 0 radical (unpaired) electrons. The summed E-state index contributed by atoms with van der Waals surface area (Å²) in [7, 11) is 0. The molecule has 0 spiro atoms. The number of nitro benzene ring substituents is 1. The number of hydrogen-bond donors (Lipinski definition) is 2. The number of benzene rings is 2. The number of nitro groups is 1. The number of nitrogens with one attached hydrogen (secondary N) is 2. The van der Waals surface area contributed by atoms with E-state index >= 15 is 0 Å². The van der Waals surface area contributed by atoms with Crippen LogP contribution < -0.4 is 5.32 Å². The zero-order chi connectivity index (χ0) is 20.1. The number of rotatable bonds is 3. The number of para-hydroxylation sites is 3. The van der Waals surface area contributed by atoms with Gasteiger partial charge in [-0.3, -0.25) is 14.9 Å². The zero-order valence-corrected chi connectivity index (χ0v) is 15.4. The summed E-state index contributed by atoms with van der Waals surface area (Å²) < 4.78 is 1.56. The highest BCUT2D eigenvalue weighted by atomic mass is 16.6. The lowest BCUT2D eigenvalue weighted by Crippen LogP contribution is -2.25. The van der Waals surface area contributed by atoms with Crippen LogP contribution in [0.5, 0.6) is 0 Å². The summed E-state index contributed by atoms with van der Waals surface area (Å²) in [5.74, 6) is 0.274. The number of hydrogen-bond acceptors (Lipinski definition) is 5. The average Bonchev–Trinajstić information content (AvgIpc) is 3.28. The molecule has 2 N–H and O–H groups in total. The van der Waals surface area contributed by atoms with Gasteiger partial charge in [0.15, 0.2) is 0 Å². The molecule has 4 aromatic rings. The highest BCUT2D eigenvalue weighted by Crippen LogP contribution is 2.42. The molecule has 1 atom stereocenters. The van der Waals surface area contributed by atoms with Crippen molar-refractivity contribution < 1.29 is 9.72 Å². The van der Waals surface area contributed by atoms with Crippen LogP contribution in [0.1, 0.15) is 29.2 Å². The molecule has 1 aliphatic rings. The van der Waals surface area contributed by atoms with E-state index in [1.807, 2.05) is 31.2 Å². The third-order valence-corrected chi connectivity index (χ3v) is 5.19. The normalized spacial score (nSPS) is 15.9. The van der Waals surface area contributed by atoms with Crippen molar-refractivity contribution in [2.24, 2.45) is 0 Å². The van der Waals surface area contributed by atoms with E-state index in [0.29, 0.717) is 23.0 Å². The van der Waals surface area contributed by atoms with E-state index in [1.165, 1.54) is 6.07 Å². The van der Waals surface area contributed by atoms with Gasteiger partial charge in [-0.2, -0.15) is 9.78 Å². The van der Waals surface area contributed by atoms with E-state index in [0.717, 1.165) is 16.6 Å². The number of carbonyl (C=O) groups is 1. The molecule has 2 aromatic heterocycles. The monoisotopic (exact) mass is 388 g/mol. The van der Waals surface area contributed by atoms with Gasteiger partial charge in [0.25, 0.3) is 5.69 Å². The minimum absolute atomic E-state index is 0.00552. The highest BCUT2D eigenvalue weighted by Gasteiger charge is 2.36. The van der Waals surface area contributed by atoms with Crippen molar-refractivity contribution in [3.63, 3.8) is 0 Å². The van der Waals surface area contributed by atoms with E-state index < -0.39 is 10.8 Å². The predicted octanol–water partition coefficient (Wildman–Crippen LogP) is 3.44. The van der Waals surface area contributed by atoms with Crippen molar-refractivity contribution in [2.45, 2.75) is 19.3 Å². The van der Waals surface area contributed by atoms with Gasteiger partial charge in [0.1, 0.15) is 5.82 Å². The van der Waals surface area contributed by atoms with E-state index in [1.54, 1.807) is 22.9 Å². The Hall–Kier alpha value is -4.01. The lowest BCUT2D eigenvalue weighted by atomic mass is 9.85. The van der Waals surface area contributed by atoms with Gasteiger partial charge in [0.05, 0.1) is 21.7 Å². The van der Waals surface area contributed by atoms with Gasteiger partial charge in [0.2, 0.25) is 11.9 Å². The minimum atomic E-state index is -0.460. The molecule has 0 fully saturated rings. The fourth-order valence-electron chi connectivity index (χ4n) is 3.95. The molecule has 144 valence electrons. The van der Waals surface area contributed by atoms with Crippen LogP contribution in [-0.2, 0) is 4.79 Å². The molecule has 3 heterocycles. The van der Waals surface area contributed by atoms with E-state index in [-0.39, 0.29) is 18.0 Å². The van der Waals surface area contributed by atoms with Crippen molar-refractivity contribution in [2.75, 3.05) is 5.32 Å². The standard InChI is InChI=1S/C20H16N6O3/c1-11-18-13(12-6-2-5-9-16(12)26(28)29)10-17(27)23-19(18)25(24-11)20-21-14-7-3-4-8-15(14)22-20/h2-9,13H,10H2,1H3,(H,21,22)(H,23,27). The van der Waals surface area contributed by atoms with Crippen LogP contribution in [0, 0.1) is 17.0 Å². The van der Waals surface area contributed by atoms with Gasteiger partial charge in [0, 0.05) is 29.5 Å². The Morgan fingerprint density at radius 2 is 1.93 bits per heavy atom. The summed E-state index contributed by atoms with van der Waals surface area (Å²) in [6.45, 7) is 1.83. The molecule has 2 aromatic carbocycles. The van der Waals surface area contributed by atoms with Crippen LogP contribution in [0.4, 0.5) is 11.5 Å². The maximum Gasteiger partial charge on any atom is 0.273 e. The zero-order valence-electron chi connectivity index (χ0n) is 15.4. The lowest BCUT2D eigenvalue weighted by Gasteiger charge is -2.23. The summed E-state index contributed by atoms with van der Waals surface area (Å²) in [6, 6.07) is 14.1. The fraction of sp³-hybridized carbons (Fsp3) is 0.150. The number of carbonyl (C=O) groups excluding carboxylic acids is 1. The Labute approximate surface area is 164 Å². The van der Waals surface area contributed by atoms with Crippen molar-refractivity contribution in [1.29, 1.82) is 0 Å². The molecule has 1 amide bonds. The van der Waals surface area contributed by atoms with Crippen molar-refractivity contribution in [1.82, 2.24) is 19.7 Å². The van der Waals surface area contributed by atoms with Crippen LogP contribution >= 0.6 is 0 Å². The SMILES string of the molecule is Cc1nn(-c2nc3ccccc3[nH]2)c2c1C(c1ccccc1[N+](=O)[O-])CC(=O)N2. The number of H-pyrrole nitrogens is 1. The van der Waals surface area contributed by atoms with Gasteiger partial charge in [-0.1, -0.05) is 30.3 Å². The third-order valence-electron chi connectivity index (χ3n) is 5.19. The third kappa shape index (κ3) is 2.66. The second kappa shape index (κ2) is 6.26. The van der Waals surface area contributed by atoms with Crippen LogP contribution in [0.2, 0.25) is 0 Å². The van der Waals surface area contributed by atoms with Crippen molar-refractivity contribution in [3.05, 3.63) is 75.5 Å².